The first-order chi connectivity index (χ1) is 11.5. The lowest BCUT2D eigenvalue weighted by atomic mass is 9.90. The van der Waals surface area contributed by atoms with Crippen LogP contribution in [-0.2, 0) is 11.3 Å². The topological polar surface area (TPSA) is 100 Å². The number of nitrogens with one attached hydrogen (secondary N) is 1. The van der Waals surface area contributed by atoms with Crippen molar-refractivity contribution in [3.63, 3.8) is 0 Å². The van der Waals surface area contributed by atoms with Gasteiger partial charge in [0.2, 0.25) is 0 Å². The van der Waals surface area contributed by atoms with Crippen LogP contribution in [0.1, 0.15) is 19.2 Å². The van der Waals surface area contributed by atoms with Crippen molar-refractivity contribution in [2.24, 2.45) is 5.41 Å². The molecule has 1 aliphatic rings. The summed E-state index contributed by atoms with van der Waals surface area (Å²) in [7, 11) is 0. The summed E-state index contributed by atoms with van der Waals surface area (Å²) in [5.74, 6) is -0.267. The zero-order chi connectivity index (χ0) is 17.2. The summed E-state index contributed by atoms with van der Waals surface area (Å²) in [6.07, 6.45) is 1.89. The molecule has 1 aromatic heterocycles. The van der Waals surface area contributed by atoms with Crippen LogP contribution in [0.4, 0.5) is 4.79 Å². The lowest BCUT2D eigenvalue weighted by molar-refractivity contribution is -0.147. The Morgan fingerprint density at radius 2 is 2.08 bits per heavy atom. The first-order valence-corrected chi connectivity index (χ1v) is 7.70. The number of likely N-dealkylation sites (tertiary alicyclic amines) is 1. The molecule has 1 atom stereocenters. The van der Waals surface area contributed by atoms with E-state index >= 15 is 0 Å². The second-order valence-electron chi connectivity index (χ2n) is 6.12. The number of carbonyl (C=O) groups is 2. The molecule has 1 aromatic carbocycles. The Balaban J connectivity index is 1.62. The van der Waals surface area contributed by atoms with Crippen LogP contribution in [0, 0.1) is 5.41 Å². The molecule has 3 rings (SSSR count). The maximum Gasteiger partial charge on any atom is 0.317 e. The van der Waals surface area contributed by atoms with Crippen LogP contribution in [0.15, 0.2) is 36.7 Å². The molecule has 24 heavy (non-hydrogen) atoms. The average Bonchev–Trinajstić information content (AvgIpc) is 3.21. The van der Waals surface area contributed by atoms with E-state index in [1.807, 2.05) is 30.3 Å². The van der Waals surface area contributed by atoms with Crippen molar-refractivity contribution in [3.05, 3.63) is 42.5 Å². The SMILES string of the molecule is CC1(C(=O)O)CCN(C(=O)NCc2ncnn2-c2ccccc2)C1. The molecular formula is C16H19N5O3. The number of para-hydroxylation sites is 1. The van der Waals surface area contributed by atoms with Crippen molar-refractivity contribution in [1.82, 2.24) is 25.0 Å². The summed E-state index contributed by atoms with van der Waals surface area (Å²) in [5, 5.41) is 16.2. The molecule has 8 heteroatoms. The highest BCUT2D eigenvalue weighted by atomic mass is 16.4. The quantitative estimate of drug-likeness (QED) is 0.880. The predicted octanol–water partition coefficient (Wildman–Crippen LogP) is 1.27. The smallest absolute Gasteiger partial charge is 0.317 e. The molecule has 1 fully saturated rings. The van der Waals surface area contributed by atoms with Crippen molar-refractivity contribution in [1.29, 1.82) is 0 Å². The minimum absolute atomic E-state index is 0.208. The molecule has 0 saturated carbocycles. The van der Waals surface area contributed by atoms with Crippen LogP contribution in [0.2, 0.25) is 0 Å². The number of rotatable bonds is 4. The van der Waals surface area contributed by atoms with Gasteiger partial charge in [-0.05, 0) is 25.5 Å². The summed E-state index contributed by atoms with van der Waals surface area (Å²) >= 11 is 0. The number of carbonyl (C=O) groups excluding carboxylic acids is 1. The molecular weight excluding hydrogens is 310 g/mol. The Morgan fingerprint density at radius 1 is 1.33 bits per heavy atom. The van der Waals surface area contributed by atoms with E-state index < -0.39 is 11.4 Å². The zero-order valence-corrected chi connectivity index (χ0v) is 13.3. The van der Waals surface area contributed by atoms with E-state index in [4.69, 9.17) is 0 Å². The molecule has 2 amide bonds. The molecule has 0 bridgehead atoms. The minimum Gasteiger partial charge on any atom is -0.481 e. The fraction of sp³-hybridized carbons (Fsp3) is 0.375. The van der Waals surface area contributed by atoms with Crippen molar-refractivity contribution < 1.29 is 14.7 Å². The van der Waals surface area contributed by atoms with Gasteiger partial charge in [-0.1, -0.05) is 18.2 Å². The van der Waals surface area contributed by atoms with Crippen LogP contribution >= 0.6 is 0 Å². The Labute approximate surface area is 139 Å². The molecule has 0 aliphatic carbocycles. The van der Waals surface area contributed by atoms with Gasteiger partial charge < -0.3 is 15.3 Å². The molecule has 1 saturated heterocycles. The molecule has 2 heterocycles. The van der Waals surface area contributed by atoms with E-state index in [0.29, 0.717) is 18.8 Å². The summed E-state index contributed by atoms with van der Waals surface area (Å²) in [6.45, 7) is 2.52. The van der Waals surface area contributed by atoms with Crippen LogP contribution in [0.25, 0.3) is 5.69 Å². The average molecular weight is 329 g/mol. The lowest BCUT2D eigenvalue weighted by Crippen LogP contribution is -2.40. The van der Waals surface area contributed by atoms with Gasteiger partial charge in [0, 0.05) is 13.1 Å². The molecule has 1 aliphatic heterocycles. The minimum atomic E-state index is -0.874. The van der Waals surface area contributed by atoms with Gasteiger partial charge in [-0.3, -0.25) is 4.79 Å². The predicted molar refractivity (Wildman–Crippen MR) is 85.5 cm³/mol. The highest BCUT2D eigenvalue weighted by Crippen LogP contribution is 2.29. The zero-order valence-electron chi connectivity index (χ0n) is 13.3. The van der Waals surface area contributed by atoms with E-state index in [1.165, 1.54) is 11.2 Å². The summed E-state index contributed by atoms with van der Waals surface area (Å²) in [4.78, 5) is 29.2. The van der Waals surface area contributed by atoms with Crippen molar-refractivity contribution in [3.8, 4) is 5.69 Å². The molecule has 1 unspecified atom stereocenters. The number of amides is 2. The van der Waals surface area contributed by atoms with Crippen LogP contribution in [-0.4, -0.2) is 49.9 Å². The highest BCUT2D eigenvalue weighted by Gasteiger charge is 2.42. The summed E-state index contributed by atoms with van der Waals surface area (Å²) < 4.78 is 1.66. The highest BCUT2D eigenvalue weighted by molar-refractivity contribution is 5.79. The standard InChI is InChI=1S/C16H19N5O3/c1-16(14(22)23)7-8-20(10-16)15(24)17-9-13-18-11-19-21(13)12-5-3-2-4-6-12/h2-6,11H,7-10H2,1H3,(H,17,24)(H,22,23). The molecule has 0 spiro atoms. The third-order valence-electron chi connectivity index (χ3n) is 4.29. The van der Waals surface area contributed by atoms with Crippen molar-refractivity contribution >= 4 is 12.0 Å². The van der Waals surface area contributed by atoms with Gasteiger partial charge in [-0.2, -0.15) is 5.10 Å². The maximum atomic E-state index is 12.3. The molecule has 0 radical (unpaired) electrons. The number of hydrogen-bond donors (Lipinski definition) is 2. The molecule has 2 N–H and O–H groups in total. The Hall–Kier alpha value is -2.90. The first kappa shape index (κ1) is 16.0. The third kappa shape index (κ3) is 3.08. The van der Waals surface area contributed by atoms with Gasteiger partial charge >= 0.3 is 12.0 Å². The number of aliphatic carboxylic acids is 1. The van der Waals surface area contributed by atoms with Crippen LogP contribution in [0.3, 0.4) is 0 Å². The number of urea groups is 1. The van der Waals surface area contributed by atoms with Gasteiger partial charge in [-0.25, -0.2) is 14.5 Å². The Kier molecular flexibility index (Phi) is 4.20. The van der Waals surface area contributed by atoms with Gasteiger partial charge in [-0.15, -0.1) is 0 Å². The van der Waals surface area contributed by atoms with E-state index in [1.54, 1.807) is 11.6 Å². The fourth-order valence-corrected chi connectivity index (χ4v) is 2.75. The molecule has 2 aromatic rings. The maximum absolute atomic E-state index is 12.3. The van der Waals surface area contributed by atoms with Crippen LogP contribution < -0.4 is 5.32 Å². The van der Waals surface area contributed by atoms with Gasteiger partial charge in [0.15, 0.2) is 5.82 Å². The summed E-state index contributed by atoms with van der Waals surface area (Å²) in [6, 6.07) is 9.22. The second-order valence-corrected chi connectivity index (χ2v) is 6.12. The molecule has 126 valence electrons. The number of carboxylic acids is 1. The number of nitrogens with zero attached hydrogens (tertiary/aromatic N) is 4. The lowest BCUT2D eigenvalue weighted by Gasteiger charge is -2.20. The van der Waals surface area contributed by atoms with Crippen molar-refractivity contribution in [2.75, 3.05) is 13.1 Å². The third-order valence-corrected chi connectivity index (χ3v) is 4.29. The van der Waals surface area contributed by atoms with E-state index in [2.05, 4.69) is 15.4 Å². The normalized spacial score (nSPS) is 20.1. The summed E-state index contributed by atoms with van der Waals surface area (Å²) in [5.41, 5.74) is -0.0135. The number of carboxylic acid groups (broad SMARTS) is 1. The monoisotopic (exact) mass is 329 g/mol. The Morgan fingerprint density at radius 3 is 2.75 bits per heavy atom. The molecule has 8 nitrogen and oxygen atoms in total. The number of benzene rings is 1. The van der Waals surface area contributed by atoms with Gasteiger partial charge in [0.05, 0.1) is 17.6 Å². The van der Waals surface area contributed by atoms with E-state index in [-0.39, 0.29) is 19.1 Å². The van der Waals surface area contributed by atoms with Gasteiger partial charge in [0.25, 0.3) is 0 Å². The van der Waals surface area contributed by atoms with Crippen molar-refractivity contribution in [2.45, 2.75) is 19.9 Å². The number of aromatic nitrogens is 3. The largest absolute Gasteiger partial charge is 0.481 e. The Bertz CT molecular complexity index is 745. The first-order valence-electron chi connectivity index (χ1n) is 7.70. The van der Waals surface area contributed by atoms with Crippen LogP contribution in [0.5, 0.6) is 0 Å². The van der Waals surface area contributed by atoms with E-state index in [0.717, 1.165) is 5.69 Å². The van der Waals surface area contributed by atoms with E-state index in [9.17, 15) is 14.7 Å². The van der Waals surface area contributed by atoms with Gasteiger partial charge in [0.1, 0.15) is 6.33 Å². The number of hydrogen-bond acceptors (Lipinski definition) is 4. The second kappa shape index (κ2) is 6.31. The fourth-order valence-electron chi connectivity index (χ4n) is 2.75.